The number of nitrogens with one attached hydrogen (secondary N) is 1. The van der Waals surface area contributed by atoms with Crippen molar-refractivity contribution in [3.05, 3.63) is 0 Å². The van der Waals surface area contributed by atoms with E-state index in [9.17, 15) is 22.8 Å². The smallest absolute Gasteiger partial charge is 0.322 e. The van der Waals surface area contributed by atoms with Crippen molar-refractivity contribution in [2.45, 2.75) is 31.0 Å². The van der Waals surface area contributed by atoms with Gasteiger partial charge in [0, 0.05) is 12.3 Å². The van der Waals surface area contributed by atoms with E-state index in [2.05, 4.69) is 5.32 Å². The fourth-order valence-electron chi connectivity index (χ4n) is 3.29. The zero-order valence-electron chi connectivity index (χ0n) is 12.0. The van der Waals surface area contributed by atoms with Gasteiger partial charge in [-0.15, -0.1) is 0 Å². The number of halogens is 3. The number of piperidine rings is 1. The molecule has 3 saturated heterocycles. The highest BCUT2D eigenvalue weighted by molar-refractivity contribution is 7.99. The van der Waals surface area contributed by atoms with Crippen molar-refractivity contribution in [3.8, 4) is 0 Å². The first kappa shape index (κ1) is 15.9. The molecule has 3 fully saturated rings. The molecule has 3 aliphatic rings. The summed E-state index contributed by atoms with van der Waals surface area (Å²) < 4.78 is 38.5. The molecule has 3 aliphatic heterocycles. The summed E-state index contributed by atoms with van der Waals surface area (Å²) in [7, 11) is 0. The third kappa shape index (κ3) is 2.80. The van der Waals surface area contributed by atoms with Gasteiger partial charge in [0.2, 0.25) is 0 Å². The number of carbonyl (C=O) groups excluding carboxylic acids is 2. The molecule has 5 nitrogen and oxygen atoms in total. The van der Waals surface area contributed by atoms with Gasteiger partial charge in [0.1, 0.15) is 5.54 Å². The zero-order valence-corrected chi connectivity index (χ0v) is 12.8. The van der Waals surface area contributed by atoms with Crippen LogP contribution in [0.1, 0.15) is 19.3 Å². The third-order valence-corrected chi connectivity index (χ3v) is 5.77. The maximum absolute atomic E-state index is 12.8. The van der Waals surface area contributed by atoms with Gasteiger partial charge in [-0.25, -0.2) is 9.69 Å². The van der Waals surface area contributed by atoms with Gasteiger partial charge in [0.05, 0.1) is 12.6 Å². The first-order chi connectivity index (χ1) is 10.3. The highest BCUT2D eigenvalue weighted by Gasteiger charge is 2.53. The van der Waals surface area contributed by atoms with Gasteiger partial charge in [-0.1, -0.05) is 0 Å². The molecule has 0 aliphatic carbocycles. The Morgan fingerprint density at radius 1 is 1.36 bits per heavy atom. The Morgan fingerprint density at radius 3 is 2.77 bits per heavy atom. The maximum Gasteiger partial charge on any atom is 0.393 e. The predicted molar refractivity (Wildman–Crippen MR) is 75.3 cm³/mol. The van der Waals surface area contributed by atoms with Crippen LogP contribution in [0.5, 0.6) is 0 Å². The number of rotatable bonds is 2. The zero-order chi connectivity index (χ0) is 16.0. The average molecular weight is 337 g/mol. The van der Waals surface area contributed by atoms with Gasteiger partial charge in [-0.3, -0.25) is 9.69 Å². The minimum absolute atomic E-state index is 0.0519. The van der Waals surface area contributed by atoms with E-state index in [0.717, 1.165) is 10.7 Å². The van der Waals surface area contributed by atoms with Crippen molar-refractivity contribution < 1.29 is 22.8 Å². The van der Waals surface area contributed by atoms with E-state index < -0.39 is 23.7 Å². The van der Waals surface area contributed by atoms with Crippen molar-refractivity contribution in [2.75, 3.05) is 31.3 Å². The normalized spacial score (nSPS) is 33.8. The van der Waals surface area contributed by atoms with E-state index in [4.69, 9.17) is 0 Å². The number of urea groups is 1. The van der Waals surface area contributed by atoms with Gasteiger partial charge in [-0.2, -0.15) is 24.9 Å². The quantitative estimate of drug-likeness (QED) is 0.779. The lowest BCUT2D eigenvalue weighted by molar-refractivity contribution is -0.187. The monoisotopic (exact) mass is 337 g/mol. The number of likely N-dealkylation sites (tertiary alicyclic amines) is 1. The number of nitrogens with zero attached hydrogens (tertiary/aromatic N) is 2. The van der Waals surface area contributed by atoms with Crippen LogP contribution in [0.15, 0.2) is 0 Å². The Balaban J connectivity index is 1.65. The topological polar surface area (TPSA) is 52.7 Å². The van der Waals surface area contributed by atoms with Crippen molar-refractivity contribution >= 4 is 23.7 Å². The van der Waals surface area contributed by atoms with E-state index in [1.165, 1.54) is 0 Å². The molecule has 0 aromatic carbocycles. The van der Waals surface area contributed by atoms with Crippen LogP contribution in [0.25, 0.3) is 0 Å². The second kappa shape index (κ2) is 5.59. The fourth-order valence-corrected chi connectivity index (χ4v) is 4.61. The second-order valence-electron chi connectivity index (χ2n) is 6.15. The summed E-state index contributed by atoms with van der Waals surface area (Å²) in [5, 5.41) is 2.73. The molecular formula is C13H18F3N3O2S. The van der Waals surface area contributed by atoms with Crippen molar-refractivity contribution in [1.82, 2.24) is 15.1 Å². The minimum atomic E-state index is -4.22. The SMILES string of the molecule is O=C1N[C@]2(CCSC2)C(=O)N1CN1CCC[C@@H](C(F)(F)F)C1. The van der Waals surface area contributed by atoms with Crippen LogP contribution >= 0.6 is 11.8 Å². The summed E-state index contributed by atoms with van der Waals surface area (Å²) in [5.41, 5.74) is -0.832. The van der Waals surface area contributed by atoms with Crippen molar-refractivity contribution in [2.24, 2.45) is 5.92 Å². The lowest BCUT2D eigenvalue weighted by Gasteiger charge is -2.35. The van der Waals surface area contributed by atoms with Gasteiger partial charge >= 0.3 is 12.2 Å². The molecule has 124 valence electrons. The number of thioether (sulfide) groups is 1. The molecule has 2 atom stereocenters. The Labute approximate surface area is 130 Å². The van der Waals surface area contributed by atoms with Gasteiger partial charge < -0.3 is 5.32 Å². The molecule has 22 heavy (non-hydrogen) atoms. The second-order valence-corrected chi connectivity index (χ2v) is 7.25. The van der Waals surface area contributed by atoms with E-state index in [-0.39, 0.29) is 25.5 Å². The van der Waals surface area contributed by atoms with Crippen LogP contribution in [0.3, 0.4) is 0 Å². The highest BCUT2D eigenvalue weighted by atomic mass is 32.2. The molecule has 3 amide bonds. The Morgan fingerprint density at radius 2 is 2.14 bits per heavy atom. The number of hydrogen-bond acceptors (Lipinski definition) is 4. The van der Waals surface area contributed by atoms with Crippen LogP contribution in [-0.4, -0.2) is 64.7 Å². The third-order valence-electron chi connectivity index (χ3n) is 4.58. The lowest BCUT2D eigenvalue weighted by Crippen LogP contribution is -2.50. The summed E-state index contributed by atoms with van der Waals surface area (Å²) >= 11 is 1.60. The summed E-state index contributed by atoms with van der Waals surface area (Å²) in [6.45, 7) is 0.275. The maximum atomic E-state index is 12.8. The highest BCUT2D eigenvalue weighted by Crippen LogP contribution is 2.35. The number of carbonyl (C=O) groups is 2. The number of imide groups is 1. The summed E-state index contributed by atoms with van der Waals surface area (Å²) in [4.78, 5) is 27.1. The van der Waals surface area contributed by atoms with Crippen molar-refractivity contribution in [1.29, 1.82) is 0 Å². The molecule has 0 aromatic rings. The van der Waals surface area contributed by atoms with Crippen LogP contribution < -0.4 is 5.32 Å². The lowest BCUT2D eigenvalue weighted by atomic mass is 9.97. The van der Waals surface area contributed by atoms with Crippen molar-refractivity contribution in [3.63, 3.8) is 0 Å². The molecule has 3 rings (SSSR count). The molecule has 1 spiro atoms. The standard InChI is InChI=1S/C13H18F3N3O2S/c14-13(15,16)9-2-1-4-18(6-9)8-19-10(20)12(17-11(19)21)3-5-22-7-12/h9H,1-8H2,(H,17,21)/t9-,12+/m1/s1. The molecule has 1 N–H and O–H groups in total. The fraction of sp³-hybridized carbons (Fsp3) is 0.846. The van der Waals surface area contributed by atoms with E-state index in [1.807, 2.05) is 0 Å². The van der Waals surface area contributed by atoms with Crippen LogP contribution in [-0.2, 0) is 4.79 Å². The first-order valence-electron chi connectivity index (χ1n) is 7.33. The predicted octanol–water partition coefficient (Wildman–Crippen LogP) is 1.65. The minimum Gasteiger partial charge on any atom is -0.322 e. The van der Waals surface area contributed by atoms with Crippen LogP contribution in [0.4, 0.5) is 18.0 Å². The average Bonchev–Trinajstić information content (AvgIpc) is 3.00. The Kier molecular flexibility index (Phi) is 4.05. The van der Waals surface area contributed by atoms with Gasteiger partial charge in [0.25, 0.3) is 5.91 Å². The summed E-state index contributed by atoms with van der Waals surface area (Å²) in [5.74, 6) is -0.325. The van der Waals surface area contributed by atoms with Gasteiger partial charge in [0.15, 0.2) is 0 Å². The van der Waals surface area contributed by atoms with E-state index >= 15 is 0 Å². The van der Waals surface area contributed by atoms with E-state index in [0.29, 0.717) is 25.1 Å². The largest absolute Gasteiger partial charge is 0.393 e. The summed E-state index contributed by atoms with van der Waals surface area (Å²) in [6, 6.07) is -0.485. The molecule has 0 aromatic heterocycles. The number of alkyl halides is 3. The molecule has 3 heterocycles. The van der Waals surface area contributed by atoms with Gasteiger partial charge in [-0.05, 0) is 31.6 Å². The van der Waals surface area contributed by atoms with Crippen LogP contribution in [0, 0.1) is 5.92 Å². The van der Waals surface area contributed by atoms with Crippen LogP contribution in [0.2, 0.25) is 0 Å². The number of hydrogen-bond donors (Lipinski definition) is 1. The number of amides is 3. The first-order valence-corrected chi connectivity index (χ1v) is 8.48. The summed E-state index contributed by atoms with van der Waals surface area (Å²) in [6.07, 6.45) is -3.10. The molecule has 0 unspecified atom stereocenters. The molecule has 9 heteroatoms. The molecule has 0 saturated carbocycles. The Bertz CT molecular complexity index is 480. The Hall–Kier alpha value is -0.960. The van der Waals surface area contributed by atoms with E-state index in [1.54, 1.807) is 16.7 Å². The molecular weight excluding hydrogens is 319 g/mol. The molecule has 0 bridgehead atoms. The molecule has 0 radical (unpaired) electrons.